The molecule has 0 saturated carbocycles. The first-order valence-electron chi connectivity index (χ1n) is 4.94. The van der Waals surface area contributed by atoms with Crippen LogP contribution in [0.1, 0.15) is 32.6 Å². The summed E-state index contributed by atoms with van der Waals surface area (Å²) in [4.78, 5) is 37.0. The van der Waals surface area contributed by atoms with Gasteiger partial charge in [0.1, 0.15) is 11.6 Å². The van der Waals surface area contributed by atoms with Gasteiger partial charge in [0.25, 0.3) is 5.91 Å². The maximum absolute atomic E-state index is 11.4. The van der Waals surface area contributed by atoms with Crippen molar-refractivity contribution < 1.29 is 14.4 Å². The number of aliphatic imine (C=N–C) groups is 1. The molecule has 4 nitrogen and oxygen atoms in total. The highest BCUT2D eigenvalue weighted by atomic mass is 16.2. The molecule has 1 rings (SSSR count). The standard InChI is InChI=1S/C11H13NO3/c1-2-3-9(13)7-10(14)6-8-4-5-12-11(8)15/h4-5H,2-3,6-7H2,1H3. The third-order valence-corrected chi connectivity index (χ3v) is 2.05. The van der Waals surface area contributed by atoms with Crippen molar-refractivity contribution >= 4 is 23.7 Å². The van der Waals surface area contributed by atoms with Crippen LogP contribution in [0.15, 0.2) is 16.6 Å². The van der Waals surface area contributed by atoms with Crippen LogP contribution in [0.3, 0.4) is 0 Å². The Balaban J connectivity index is 2.37. The third-order valence-electron chi connectivity index (χ3n) is 2.05. The molecule has 0 bridgehead atoms. The summed E-state index contributed by atoms with van der Waals surface area (Å²) in [6.07, 6.45) is 4.02. The molecule has 1 amide bonds. The lowest BCUT2D eigenvalue weighted by molar-refractivity contribution is -0.127. The minimum atomic E-state index is -0.369. The van der Waals surface area contributed by atoms with E-state index in [1.54, 1.807) is 0 Å². The number of Topliss-reactive ketones (excluding diaryl/α,β-unsaturated/α-hetero) is 2. The molecule has 0 radical (unpaired) electrons. The monoisotopic (exact) mass is 207 g/mol. The third kappa shape index (κ3) is 3.58. The van der Waals surface area contributed by atoms with E-state index in [0.717, 1.165) is 6.42 Å². The van der Waals surface area contributed by atoms with E-state index < -0.39 is 0 Å². The van der Waals surface area contributed by atoms with Gasteiger partial charge >= 0.3 is 0 Å². The molecule has 1 heterocycles. The molecule has 4 heteroatoms. The van der Waals surface area contributed by atoms with Crippen LogP contribution in [0.25, 0.3) is 0 Å². The van der Waals surface area contributed by atoms with E-state index in [1.807, 2.05) is 6.92 Å². The van der Waals surface area contributed by atoms with Crippen LogP contribution >= 0.6 is 0 Å². The highest BCUT2D eigenvalue weighted by Gasteiger charge is 2.17. The number of allylic oxidation sites excluding steroid dienone is 1. The van der Waals surface area contributed by atoms with Crippen molar-refractivity contribution in [3.63, 3.8) is 0 Å². The summed E-state index contributed by atoms with van der Waals surface area (Å²) in [6.45, 7) is 1.89. The average Bonchev–Trinajstić information content (AvgIpc) is 2.52. The summed E-state index contributed by atoms with van der Waals surface area (Å²) in [6, 6.07) is 0. The second-order valence-electron chi connectivity index (χ2n) is 3.46. The molecule has 0 fully saturated rings. The normalized spacial score (nSPS) is 14.2. The van der Waals surface area contributed by atoms with E-state index in [-0.39, 0.29) is 30.3 Å². The Labute approximate surface area is 88.1 Å². The highest BCUT2D eigenvalue weighted by Crippen LogP contribution is 2.10. The first-order valence-corrected chi connectivity index (χ1v) is 4.94. The fourth-order valence-electron chi connectivity index (χ4n) is 1.35. The fourth-order valence-corrected chi connectivity index (χ4v) is 1.35. The van der Waals surface area contributed by atoms with Crippen LogP contribution in [-0.2, 0) is 14.4 Å². The average molecular weight is 207 g/mol. The van der Waals surface area contributed by atoms with Gasteiger partial charge in [0.05, 0.1) is 6.42 Å². The first-order chi connectivity index (χ1) is 7.13. The van der Waals surface area contributed by atoms with E-state index >= 15 is 0 Å². The number of rotatable bonds is 6. The number of hydrogen-bond donors (Lipinski definition) is 0. The van der Waals surface area contributed by atoms with Crippen molar-refractivity contribution in [2.45, 2.75) is 32.6 Å². The summed E-state index contributed by atoms with van der Waals surface area (Å²) in [5.41, 5.74) is 0.379. The van der Waals surface area contributed by atoms with E-state index in [9.17, 15) is 14.4 Å². The zero-order chi connectivity index (χ0) is 11.3. The molecule has 0 aromatic rings. The summed E-state index contributed by atoms with van der Waals surface area (Å²) in [5, 5.41) is 0. The molecule has 15 heavy (non-hydrogen) atoms. The Bertz CT molecular complexity index is 353. The number of carbonyl (C=O) groups excluding carboxylic acids is 3. The molecule has 0 N–H and O–H groups in total. The maximum atomic E-state index is 11.4. The van der Waals surface area contributed by atoms with Gasteiger partial charge in [-0.3, -0.25) is 14.4 Å². The van der Waals surface area contributed by atoms with Gasteiger partial charge in [-0.15, -0.1) is 0 Å². The van der Waals surface area contributed by atoms with Crippen LogP contribution in [0, 0.1) is 0 Å². The summed E-state index contributed by atoms with van der Waals surface area (Å²) >= 11 is 0. The smallest absolute Gasteiger partial charge is 0.273 e. The molecule has 0 aromatic carbocycles. The van der Waals surface area contributed by atoms with Gasteiger partial charge < -0.3 is 0 Å². The van der Waals surface area contributed by atoms with Gasteiger partial charge in [-0.05, 0) is 12.5 Å². The second-order valence-corrected chi connectivity index (χ2v) is 3.46. The summed E-state index contributed by atoms with van der Waals surface area (Å²) in [5.74, 6) is -0.640. The molecule has 0 atom stereocenters. The van der Waals surface area contributed by atoms with Crippen molar-refractivity contribution in [1.29, 1.82) is 0 Å². The summed E-state index contributed by atoms with van der Waals surface area (Å²) < 4.78 is 0. The predicted octanol–water partition coefficient (Wildman–Crippen LogP) is 1.24. The van der Waals surface area contributed by atoms with E-state index in [2.05, 4.69) is 4.99 Å². The van der Waals surface area contributed by atoms with Crippen molar-refractivity contribution in [3.8, 4) is 0 Å². The van der Waals surface area contributed by atoms with Crippen LogP contribution in [0.2, 0.25) is 0 Å². The van der Waals surface area contributed by atoms with Gasteiger partial charge in [-0.25, -0.2) is 4.99 Å². The Morgan fingerprint density at radius 3 is 2.60 bits per heavy atom. The zero-order valence-corrected chi connectivity index (χ0v) is 8.66. The lowest BCUT2D eigenvalue weighted by atomic mass is 10.0. The maximum Gasteiger partial charge on any atom is 0.273 e. The first kappa shape index (κ1) is 11.5. The largest absolute Gasteiger partial charge is 0.299 e. The van der Waals surface area contributed by atoms with Crippen molar-refractivity contribution in [2.75, 3.05) is 0 Å². The van der Waals surface area contributed by atoms with E-state index in [4.69, 9.17) is 0 Å². The minimum Gasteiger partial charge on any atom is -0.299 e. The molecule has 0 aromatic heterocycles. The number of hydrogen-bond acceptors (Lipinski definition) is 3. The number of amides is 1. The molecule has 80 valence electrons. The Hall–Kier alpha value is -1.58. The minimum absolute atomic E-state index is 0.0221. The molecule has 1 aliphatic rings. The Kier molecular flexibility index (Phi) is 4.09. The Morgan fingerprint density at radius 2 is 2.07 bits per heavy atom. The van der Waals surface area contributed by atoms with E-state index in [0.29, 0.717) is 12.0 Å². The molecule has 0 aliphatic carbocycles. The summed E-state index contributed by atoms with van der Waals surface area (Å²) in [7, 11) is 0. The van der Waals surface area contributed by atoms with Crippen molar-refractivity contribution in [2.24, 2.45) is 4.99 Å². The van der Waals surface area contributed by atoms with Gasteiger partial charge in [-0.2, -0.15) is 0 Å². The predicted molar refractivity (Wildman–Crippen MR) is 55.7 cm³/mol. The van der Waals surface area contributed by atoms with Gasteiger partial charge in [-0.1, -0.05) is 6.92 Å². The molecule has 0 unspecified atom stereocenters. The van der Waals surface area contributed by atoms with Crippen LogP contribution in [-0.4, -0.2) is 23.7 Å². The van der Waals surface area contributed by atoms with Crippen molar-refractivity contribution in [1.82, 2.24) is 0 Å². The van der Waals surface area contributed by atoms with Crippen LogP contribution in [0.5, 0.6) is 0 Å². The molecule has 1 aliphatic heterocycles. The van der Waals surface area contributed by atoms with Crippen LogP contribution < -0.4 is 0 Å². The topological polar surface area (TPSA) is 63.6 Å². The van der Waals surface area contributed by atoms with Crippen LogP contribution in [0.4, 0.5) is 0 Å². The molecule has 0 spiro atoms. The van der Waals surface area contributed by atoms with Gasteiger partial charge in [0.2, 0.25) is 0 Å². The fraction of sp³-hybridized carbons (Fsp3) is 0.455. The highest BCUT2D eigenvalue weighted by molar-refractivity contribution is 6.12. The van der Waals surface area contributed by atoms with Crippen molar-refractivity contribution in [3.05, 3.63) is 11.6 Å². The van der Waals surface area contributed by atoms with Gasteiger partial charge in [0, 0.05) is 24.6 Å². The molecular weight excluding hydrogens is 194 g/mol. The number of ketones is 2. The van der Waals surface area contributed by atoms with E-state index in [1.165, 1.54) is 12.3 Å². The zero-order valence-electron chi connectivity index (χ0n) is 8.66. The quantitative estimate of drug-likeness (QED) is 0.615. The SMILES string of the molecule is CCCC(=O)CC(=O)CC1=CC=NC1=O. The Morgan fingerprint density at radius 1 is 1.33 bits per heavy atom. The number of carbonyl (C=O) groups is 3. The molecule has 0 saturated heterocycles. The lowest BCUT2D eigenvalue weighted by Crippen LogP contribution is -2.10. The molecular formula is C11H13NO3. The number of nitrogens with zero attached hydrogens (tertiary/aromatic N) is 1. The lowest BCUT2D eigenvalue weighted by Gasteiger charge is -1.99. The van der Waals surface area contributed by atoms with Gasteiger partial charge in [0.15, 0.2) is 0 Å². The second kappa shape index (κ2) is 5.34.